The van der Waals surface area contributed by atoms with Crippen LogP contribution in [-0.4, -0.2) is 51.4 Å². The average Bonchev–Trinajstić information content (AvgIpc) is 3.57. The van der Waals surface area contributed by atoms with Gasteiger partial charge in [-0.15, -0.1) is 0 Å². The molecule has 1 aliphatic heterocycles. The Balaban J connectivity index is 1.54. The van der Waals surface area contributed by atoms with Gasteiger partial charge in [-0.1, -0.05) is 12.1 Å². The van der Waals surface area contributed by atoms with E-state index in [-0.39, 0.29) is 0 Å². The zero-order chi connectivity index (χ0) is 19.8. The zero-order valence-electron chi connectivity index (χ0n) is 17.2. The Morgan fingerprint density at radius 1 is 1.03 bits per heavy atom. The molecule has 2 aromatic carbocycles. The summed E-state index contributed by atoms with van der Waals surface area (Å²) < 4.78 is 5.50. The summed E-state index contributed by atoms with van der Waals surface area (Å²) in [5.74, 6) is 0. The van der Waals surface area contributed by atoms with Gasteiger partial charge >= 0.3 is 0 Å². The Morgan fingerprint density at radius 2 is 1.86 bits per heavy atom. The van der Waals surface area contributed by atoms with Crippen LogP contribution in [0.15, 0.2) is 48.5 Å². The maximum absolute atomic E-state index is 5.50. The lowest BCUT2D eigenvalue weighted by Gasteiger charge is -2.29. The monoisotopic (exact) mass is 388 g/mol. The molecule has 150 valence electrons. The Hall–Kier alpha value is -2.79. The summed E-state index contributed by atoms with van der Waals surface area (Å²) >= 11 is 0. The van der Waals surface area contributed by atoms with E-state index in [4.69, 9.17) is 9.72 Å². The summed E-state index contributed by atoms with van der Waals surface area (Å²) in [6.45, 7) is 3.46. The van der Waals surface area contributed by atoms with E-state index in [0.29, 0.717) is 6.04 Å². The van der Waals surface area contributed by atoms with Crippen LogP contribution in [0.5, 0.6) is 0 Å². The zero-order valence-corrected chi connectivity index (χ0v) is 17.2. The summed E-state index contributed by atoms with van der Waals surface area (Å²) in [5.41, 5.74) is 6.82. The predicted octanol–water partition coefficient (Wildman–Crippen LogP) is 4.38. The second-order valence-corrected chi connectivity index (χ2v) is 8.22. The molecule has 1 saturated heterocycles. The van der Waals surface area contributed by atoms with Crippen LogP contribution >= 0.6 is 0 Å². The molecule has 2 heterocycles. The molecule has 1 saturated carbocycles. The maximum Gasteiger partial charge on any atom is 0.0731 e. The predicted molar refractivity (Wildman–Crippen MR) is 121 cm³/mol. The van der Waals surface area contributed by atoms with Gasteiger partial charge in [-0.25, -0.2) is 4.98 Å². The minimum atomic E-state index is 0.644. The highest BCUT2D eigenvalue weighted by Gasteiger charge is 2.21. The lowest BCUT2D eigenvalue weighted by atomic mass is 10.1. The molecule has 1 N–H and O–H groups in total. The second kappa shape index (κ2) is 7.56. The van der Waals surface area contributed by atoms with Crippen molar-refractivity contribution in [1.29, 1.82) is 0 Å². The number of fused-ring (bicyclic) bond motifs is 1. The van der Waals surface area contributed by atoms with Gasteiger partial charge in [0.25, 0.3) is 0 Å². The molecule has 0 unspecified atom stereocenters. The molecule has 0 spiro atoms. The number of anilines is 3. The van der Waals surface area contributed by atoms with Crippen LogP contribution in [0, 0.1) is 0 Å². The van der Waals surface area contributed by atoms with Crippen LogP contribution in [0.2, 0.25) is 0 Å². The van der Waals surface area contributed by atoms with Crippen LogP contribution < -0.4 is 15.1 Å². The van der Waals surface area contributed by atoms with Crippen molar-refractivity contribution in [1.82, 2.24) is 4.98 Å². The number of rotatable bonds is 5. The molecule has 0 amide bonds. The van der Waals surface area contributed by atoms with Crippen molar-refractivity contribution in [3.63, 3.8) is 0 Å². The molecule has 0 atom stereocenters. The van der Waals surface area contributed by atoms with E-state index in [1.54, 1.807) is 0 Å². The van der Waals surface area contributed by atoms with Crippen molar-refractivity contribution in [3.8, 4) is 11.3 Å². The molecule has 5 rings (SSSR count). The van der Waals surface area contributed by atoms with E-state index < -0.39 is 0 Å². The van der Waals surface area contributed by atoms with Gasteiger partial charge in [0.1, 0.15) is 0 Å². The average molecular weight is 389 g/mol. The summed E-state index contributed by atoms with van der Waals surface area (Å²) in [5, 5.41) is 4.79. The van der Waals surface area contributed by atoms with Crippen molar-refractivity contribution in [2.45, 2.75) is 18.9 Å². The van der Waals surface area contributed by atoms with Crippen LogP contribution in [-0.2, 0) is 4.74 Å². The first-order chi connectivity index (χ1) is 14.2. The molecule has 3 aromatic rings. The second-order valence-electron chi connectivity index (χ2n) is 8.22. The molecule has 29 heavy (non-hydrogen) atoms. The fourth-order valence-electron chi connectivity index (χ4n) is 3.96. The molecule has 1 aliphatic carbocycles. The lowest BCUT2D eigenvalue weighted by Crippen LogP contribution is -2.36. The maximum atomic E-state index is 5.50. The number of morpholine rings is 1. The molecule has 2 aliphatic rings. The highest BCUT2D eigenvalue weighted by Crippen LogP contribution is 2.34. The molecule has 0 radical (unpaired) electrons. The molecule has 5 heteroatoms. The standard InChI is InChI=1S/C24H28N4O/c1-27(2)24-16-23(17-4-3-5-20(14-17)28-10-12-29-13-11-28)26-22-9-8-19(15-21(22)24)25-18-6-7-18/h3-5,8-9,14-16,18,25H,6-7,10-13H2,1-2H3. The van der Waals surface area contributed by atoms with Gasteiger partial charge in [-0.3, -0.25) is 0 Å². The first-order valence-corrected chi connectivity index (χ1v) is 10.5. The largest absolute Gasteiger partial charge is 0.382 e. The number of ether oxygens (including phenoxy) is 1. The summed E-state index contributed by atoms with van der Waals surface area (Å²) in [6.07, 6.45) is 2.55. The van der Waals surface area contributed by atoms with Gasteiger partial charge in [0, 0.05) is 61.2 Å². The third kappa shape index (κ3) is 3.87. The highest BCUT2D eigenvalue weighted by molar-refractivity contribution is 5.96. The van der Waals surface area contributed by atoms with E-state index in [1.165, 1.54) is 35.3 Å². The van der Waals surface area contributed by atoms with Crippen LogP contribution in [0.3, 0.4) is 0 Å². The van der Waals surface area contributed by atoms with Crippen LogP contribution in [0.25, 0.3) is 22.2 Å². The van der Waals surface area contributed by atoms with Crippen molar-refractivity contribution in [2.75, 3.05) is 55.5 Å². The van der Waals surface area contributed by atoms with Crippen molar-refractivity contribution >= 4 is 28.0 Å². The van der Waals surface area contributed by atoms with E-state index in [0.717, 1.165) is 43.1 Å². The molecular formula is C24H28N4O. The smallest absolute Gasteiger partial charge is 0.0731 e. The number of benzene rings is 2. The van der Waals surface area contributed by atoms with E-state index in [2.05, 4.69) is 77.7 Å². The summed E-state index contributed by atoms with van der Waals surface area (Å²) in [7, 11) is 4.20. The number of nitrogens with one attached hydrogen (secondary N) is 1. The molecule has 0 bridgehead atoms. The fourth-order valence-corrected chi connectivity index (χ4v) is 3.96. The van der Waals surface area contributed by atoms with E-state index >= 15 is 0 Å². The number of aromatic nitrogens is 1. The number of hydrogen-bond donors (Lipinski definition) is 1. The number of nitrogens with zero attached hydrogens (tertiary/aromatic N) is 3. The Bertz CT molecular complexity index is 1020. The molecular weight excluding hydrogens is 360 g/mol. The first kappa shape index (κ1) is 18.3. The van der Waals surface area contributed by atoms with Crippen molar-refractivity contribution < 1.29 is 4.74 Å². The SMILES string of the molecule is CN(C)c1cc(-c2cccc(N3CCOCC3)c2)nc2ccc(NC3CC3)cc12. The Kier molecular flexibility index (Phi) is 4.76. The Labute approximate surface area is 172 Å². The van der Waals surface area contributed by atoms with Crippen molar-refractivity contribution in [2.24, 2.45) is 0 Å². The summed E-state index contributed by atoms with van der Waals surface area (Å²) in [4.78, 5) is 9.58. The van der Waals surface area contributed by atoms with Crippen LogP contribution in [0.4, 0.5) is 17.1 Å². The van der Waals surface area contributed by atoms with Crippen LogP contribution in [0.1, 0.15) is 12.8 Å². The lowest BCUT2D eigenvalue weighted by molar-refractivity contribution is 0.122. The quantitative estimate of drug-likeness (QED) is 0.702. The third-order valence-electron chi connectivity index (χ3n) is 5.73. The molecule has 5 nitrogen and oxygen atoms in total. The normalized spacial score (nSPS) is 16.8. The molecule has 1 aromatic heterocycles. The van der Waals surface area contributed by atoms with E-state index in [9.17, 15) is 0 Å². The van der Waals surface area contributed by atoms with Gasteiger partial charge in [-0.2, -0.15) is 0 Å². The number of hydrogen-bond acceptors (Lipinski definition) is 5. The minimum Gasteiger partial charge on any atom is -0.382 e. The van der Waals surface area contributed by atoms with Gasteiger partial charge < -0.3 is 19.9 Å². The fraction of sp³-hybridized carbons (Fsp3) is 0.375. The topological polar surface area (TPSA) is 40.6 Å². The van der Waals surface area contributed by atoms with Gasteiger partial charge in [0.15, 0.2) is 0 Å². The van der Waals surface area contributed by atoms with Gasteiger partial charge in [0.05, 0.1) is 24.4 Å². The number of pyridine rings is 1. The third-order valence-corrected chi connectivity index (χ3v) is 5.73. The first-order valence-electron chi connectivity index (χ1n) is 10.5. The Morgan fingerprint density at radius 3 is 2.62 bits per heavy atom. The minimum absolute atomic E-state index is 0.644. The van der Waals surface area contributed by atoms with Gasteiger partial charge in [0.2, 0.25) is 0 Å². The summed E-state index contributed by atoms with van der Waals surface area (Å²) in [6, 6.07) is 18.1. The van der Waals surface area contributed by atoms with E-state index in [1.807, 2.05) is 0 Å². The highest BCUT2D eigenvalue weighted by atomic mass is 16.5. The van der Waals surface area contributed by atoms with Crippen molar-refractivity contribution in [3.05, 3.63) is 48.5 Å². The molecule has 2 fully saturated rings. The van der Waals surface area contributed by atoms with Gasteiger partial charge in [-0.05, 0) is 49.2 Å².